The molecule has 0 heterocycles. The monoisotopic (exact) mass is 117 g/mol. The first kappa shape index (κ1) is 7.14. The van der Waals surface area contributed by atoms with Gasteiger partial charge in [0.05, 0.1) is 0 Å². The Hall–Kier alpha value is -0.860. The summed E-state index contributed by atoms with van der Waals surface area (Å²) in [6.07, 6.45) is 1.02. The highest BCUT2D eigenvalue weighted by atomic mass is 19.1. The minimum atomic E-state index is -0.743. The zero-order valence-corrected chi connectivity index (χ0v) is 4.86. The maximum Gasteiger partial charge on any atom is 0.189 e. The van der Waals surface area contributed by atoms with Gasteiger partial charge in [0, 0.05) is 20.2 Å². The Labute approximate surface area is 47.4 Å². The molecule has 0 spiro atoms. The van der Waals surface area contributed by atoms with Crippen LogP contribution in [0.5, 0.6) is 0 Å². The summed E-state index contributed by atoms with van der Waals surface area (Å²) < 4.78 is 12.0. The SMILES string of the molecule is CN/C=C(/F)C(C)=O. The number of ketones is 1. The first-order chi connectivity index (χ1) is 3.68. The molecule has 0 aliphatic rings. The van der Waals surface area contributed by atoms with Gasteiger partial charge in [-0.15, -0.1) is 0 Å². The van der Waals surface area contributed by atoms with Crippen LogP contribution < -0.4 is 5.32 Å². The molecule has 0 aromatic carbocycles. The van der Waals surface area contributed by atoms with Crippen molar-refractivity contribution in [1.29, 1.82) is 0 Å². The summed E-state index contributed by atoms with van der Waals surface area (Å²) in [5.41, 5.74) is 0. The number of halogens is 1. The number of carbonyl (C=O) groups is 1. The Morgan fingerprint density at radius 1 is 1.75 bits per heavy atom. The highest BCUT2D eigenvalue weighted by molar-refractivity contribution is 5.90. The second kappa shape index (κ2) is 3.18. The van der Waals surface area contributed by atoms with Gasteiger partial charge in [-0.05, 0) is 0 Å². The predicted molar refractivity (Wildman–Crippen MR) is 28.9 cm³/mol. The Bertz CT molecular complexity index is 120. The highest BCUT2D eigenvalue weighted by Crippen LogP contribution is 1.92. The second-order valence-electron chi connectivity index (χ2n) is 1.34. The van der Waals surface area contributed by atoms with E-state index in [0.29, 0.717) is 0 Å². The Morgan fingerprint density at radius 2 is 2.25 bits per heavy atom. The molecule has 3 heteroatoms. The van der Waals surface area contributed by atoms with Gasteiger partial charge in [0.1, 0.15) is 0 Å². The van der Waals surface area contributed by atoms with Gasteiger partial charge in [0.15, 0.2) is 11.6 Å². The van der Waals surface area contributed by atoms with Gasteiger partial charge < -0.3 is 5.32 Å². The zero-order chi connectivity index (χ0) is 6.57. The molecule has 2 nitrogen and oxygen atoms in total. The molecule has 0 unspecified atom stereocenters. The van der Waals surface area contributed by atoms with Crippen LogP contribution in [0.15, 0.2) is 12.0 Å². The number of hydrogen-bond acceptors (Lipinski definition) is 2. The lowest BCUT2D eigenvalue weighted by molar-refractivity contribution is -0.114. The van der Waals surface area contributed by atoms with Crippen molar-refractivity contribution >= 4 is 5.78 Å². The van der Waals surface area contributed by atoms with Crippen molar-refractivity contribution in [2.24, 2.45) is 0 Å². The standard InChI is InChI=1S/C5H8FNO/c1-4(8)5(6)3-7-2/h3,7H,1-2H3/b5-3+. The lowest BCUT2D eigenvalue weighted by Gasteiger charge is -1.86. The molecule has 0 fully saturated rings. The van der Waals surface area contributed by atoms with Crippen LogP contribution in [0.3, 0.4) is 0 Å². The van der Waals surface area contributed by atoms with E-state index in [1.54, 1.807) is 0 Å². The van der Waals surface area contributed by atoms with Crippen LogP contribution in [0, 0.1) is 0 Å². The average molecular weight is 117 g/mol. The molecule has 0 radical (unpaired) electrons. The molecular formula is C5H8FNO. The van der Waals surface area contributed by atoms with Crippen LogP contribution in [-0.2, 0) is 4.79 Å². The third-order valence-electron chi connectivity index (χ3n) is 0.607. The van der Waals surface area contributed by atoms with Crippen LogP contribution in [0.1, 0.15) is 6.92 Å². The molecule has 0 rings (SSSR count). The van der Waals surface area contributed by atoms with Crippen molar-refractivity contribution in [3.63, 3.8) is 0 Å². The normalized spacial score (nSPS) is 11.1. The third kappa shape index (κ3) is 2.34. The highest BCUT2D eigenvalue weighted by Gasteiger charge is 1.97. The minimum absolute atomic E-state index is 0.556. The Morgan fingerprint density at radius 3 is 2.38 bits per heavy atom. The third-order valence-corrected chi connectivity index (χ3v) is 0.607. The summed E-state index contributed by atoms with van der Waals surface area (Å²) in [4.78, 5) is 10.1. The number of nitrogens with one attached hydrogen (secondary N) is 1. The van der Waals surface area contributed by atoms with Gasteiger partial charge in [-0.2, -0.15) is 0 Å². The van der Waals surface area contributed by atoms with Crippen LogP contribution >= 0.6 is 0 Å². The fourth-order valence-electron chi connectivity index (χ4n) is 0.228. The largest absolute Gasteiger partial charge is 0.392 e. The molecule has 0 saturated carbocycles. The summed E-state index contributed by atoms with van der Waals surface area (Å²) in [6, 6.07) is 0. The number of Topliss-reactive ketones (excluding diaryl/α,β-unsaturated/α-hetero) is 1. The maximum absolute atomic E-state index is 12.0. The molecule has 0 aromatic rings. The van der Waals surface area contributed by atoms with E-state index < -0.39 is 11.6 Å². The van der Waals surface area contributed by atoms with Crippen molar-refractivity contribution in [3.05, 3.63) is 12.0 Å². The van der Waals surface area contributed by atoms with Crippen LogP contribution in [0.4, 0.5) is 4.39 Å². The quantitative estimate of drug-likeness (QED) is 0.537. The van der Waals surface area contributed by atoms with Crippen LogP contribution in [0.2, 0.25) is 0 Å². The fraction of sp³-hybridized carbons (Fsp3) is 0.400. The summed E-state index contributed by atoms with van der Waals surface area (Å²) in [5, 5.41) is 2.39. The van der Waals surface area contributed by atoms with Gasteiger partial charge in [-0.1, -0.05) is 0 Å². The Kier molecular flexibility index (Phi) is 2.84. The molecule has 46 valence electrons. The summed E-state index contributed by atoms with van der Waals surface area (Å²) in [5.74, 6) is -1.30. The lowest BCUT2D eigenvalue weighted by Crippen LogP contribution is -1.98. The molecule has 0 aliphatic heterocycles. The van der Waals surface area contributed by atoms with E-state index in [4.69, 9.17) is 0 Å². The summed E-state index contributed by atoms with van der Waals surface area (Å²) in [7, 11) is 1.53. The van der Waals surface area contributed by atoms with Gasteiger partial charge in [-0.25, -0.2) is 4.39 Å². The van der Waals surface area contributed by atoms with Crippen molar-refractivity contribution in [2.45, 2.75) is 6.92 Å². The van der Waals surface area contributed by atoms with Gasteiger partial charge in [0.25, 0.3) is 0 Å². The number of carbonyl (C=O) groups excluding carboxylic acids is 1. The van der Waals surface area contributed by atoms with Gasteiger partial charge >= 0.3 is 0 Å². The molecule has 0 aliphatic carbocycles. The van der Waals surface area contributed by atoms with E-state index in [2.05, 4.69) is 5.32 Å². The minimum Gasteiger partial charge on any atom is -0.392 e. The summed E-state index contributed by atoms with van der Waals surface area (Å²) >= 11 is 0. The van der Waals surface area contributed by atoms with Crippen LogP contribution in [0.25, 0.3) is 0 Å². The fourth-order valence-corrected chi connectivity index (χ4v) is 0.228. The topological polar surface area (TPSA) is 29.1 Å². The smallest absolute Gasteiger partial charge is 0.189 e. The zero-order valence-electron chi connectivity index (χ0n) is 4.86. The molecule has 1 N–H and O–H groups in total. The van der Waals surface area contributed by atoms with Crippen LogP contribution in [-0.4, -0.2) is 12.8 Å². The predicted octanol–water partition coefficient (Wildman–Crippen LogP) is 0.606. The molecule has 0 aromatic heterocycles. The van der Waals surface area contributed by atoms with Gasteiger partial charge in [-0.3, -0.25) is 4.79 Å². The van der Waals surface area contributed by atoms with Gasteiger partial charge in [0.2, 0.25) is 0 Å². The molecule has 0 bridgehead atoms. The number of allylic oxidation sites excluding steroid dienone is 1. The average Bonchev–Trinajstić information content (AvgIpc) is 1.67. The van der Waals surface area contributed by atoms with Crippen molar-refractivity contribution < 1.29 is 9.18 Å². The summed E-state index contributed by atoms with van der Waals surface area (Å²) in [6.45, 7) is 1.17. The number of rotatable bonds is 2. The van der Waals surface area contributed by atoms with E-state index in [9.17, 15) is 9.18 Å². The molecule has 0 saturated heterocycles. The van der Waals surface area contributed by atoms with E-state index in [1.807, 2.05) is 0 Å². The maximum atomic E-state index is 12.0. The van der Waals surface area contributed by atoms with E-state index >= 15 is 0 Å². The molecule has 0 atom stereocenters. The van der Waals surface area contributed by atoms with Crippen molar-refractivity contribution in [1.82, 2.24) is 5.32 Å². The molecular weight excluding hydrogens is 109 g/mol. The number of hydrogen-bond donors (Lipinski definition) is 1. The Balaban J connectivity index is 3.80. The van der Waals surface area contributed by atoms with E-state index in [1.165, 1.54) is 14.0 Å². The van der Waals surface area contributed by atoms with E-state index in [0.717, 1.165) is 6.20 Å². The molecule has 8 heavy (non-hydrogen) atoms. The molecule has 0 amide bonds. The van der Waals surface area contributed by atoms with Crippen molar-refractivity contribution in [2.75, 3.05) is 7.05 Å². The van der Waals surface area contributed by atoms with E-state index in [-0.39, 0.29) is 0 Å². The lowest BCUT2D eigenvalue weighted by atomic mass is 10.4. The van der Waals surface area contributed by atoms with Crippen molar-refractivity contribution in [3.8, 4) is 0 Å². The first-order valence-corrected chi connectivity index (χ1v) is 2.22. The second-order valence-corrected chi connectivity index (χ2v) is 1.34. The first-order valence-electron chi connectivity index (χ1n) is 2.22.